The normalized spacial score (nSPS) is 29.7. The number of primary amides is 1. The first-order chi connectivity index (χ1) is 10.8. The fraction of sp³-hybridized carbons (Fsp3) is 0.688. The number of piperidine rings is 1. The number of carbonyl (C=O) groups excluding carboxylic acids is 1. The molecule has 0 spiro atoms. The van der Waals surface area contributed by atoms with Crippen LogP contribution in [-0.4, -0.2) is 58.4 Å². The topological polar surface area (TPSA) is 74.3 Å². The van der Waals surface area contributed by atoms with Crippen molar-refractivity contribution in [2.45, 2.75) is 51.1 Å². The van der Waals surface area contributed by atoms with Gasteiger partial charge in [0.25, 0.3) is 0 Å². The highest BCUT2D eigenvalue weighted by Gasteiger charge is 2.41. The number of fused-ring (bicyclic) bond motifs is 1. The quantitative estimate of drug-likeness (QED) is 0.779. The Labute approximate surface area is 142 Å². The Morgan fingerprint density at radius 1 is 1.48 bits per heavy atom. The highest BCUT2D eigenvalue weighted by molar-refractivity contribution is 6.64. The zero-order valence-corrected chi connectivity index (χ0v) is 14.7. The zero-order valence-electron chi connectivity index (χ0n) is 14.0. The summed E-state index contributed by atoms with van der Waals surface area (Å²) in [5, 5.41) is 0.340. The summed E-state index contributed by atoms with van der Waals surface area (Å²) in [6, 6.07) is 0.542. The first-order valence-electron chi connectivity index (χ1n) is 8.09. The van der Waals surface area contributed by atoms with Crippen molar-refractivity contribution in [3.63, 3.8) is 0 Å². The molecular formula is C16H24ClN5O. The first kappa shape index (κ1) is 16.5. The molecule has 2 saturated heterocycles. The van der Waals surface area contributed by atoms with E-state index in [1.807, 2.05) is 0 Å². The van der Waals surface area contributed by atoms with E-state index in [0.29, 0.717) is 29.3 Å². The van der Waals surface area contributed by atoms with Crippen LogP contribution < -0.4 is 5.73 Å². The molecule has 0 saturated carbocycles. The van der Waals surface area contributed by atoms with E-state index in [0.717, 1.165) is 25.1 Å². The number of amides is 1. The number of aliphatic imine (C=N–C) groups is 2. The lowest BCUT2D eigenvalue weighted by Crippen LogP contribution is -2.52. The van der Waals surface area contributed by atoms with Crippen LogP contribution in [0.5, 0.6) is 0 Å². The summed E-state index contributed by atoms with van der Waals surface area (Å²) in [6.07, 6.45) is 4.26. The predicted octanol–water partition coefficient (Wildman–Crippen LogP) is 1.70. The highest BCUT2D eigenvalue weighted by Crippen LogP contribution is 2.37. The van der Waals surface area contributed by atoms with E-state index >= 15 is 0 Å². The van der Waals surface area contributed by atoms with Gasteiger partial charge in [0, 0.05) is 37.2 Å². The van der Waals surface area contributed by atoms with E-state index in [1.165, 1.54) is 12.8 Å². The first-order valence-corrected chi connectivity index (χ1v) is 8.47. The van der Waals surface area contributed by atoms with Crippen LogP contribution in [0.3, 0.4) is 0 Å². The van der Waals surface area contributed by atoms with Gasteiger partial charge in [-0.15, -0.1) is 0 Å². The molecule has 0 aliphatic carbocycles. The Morgan fingerprint density at radius 3 is 2.91 bits per heavy atom. The molecular weight excluding hydrogens is 314 g/mol. The van der Waals surface area contributed by atoms with E-state index in [1.54, 1.807) is 11.9 Å². The summed E-state index contributed by atoms with van der Waals surface area (Å²) in [7, 11) is 1.78. The number of hydrogen-bond acceptors (Lipinski definition) is 5. The molecule has 1 atom stereocenters. The van der Waals surface area contributed by atoms with Gasteiger partial charge in [-0.3, -0.25) is 9.69 Å². The molecule has 6 nitrogen and oxygen atoms in total. The molecule has 3 rings (SSSR count). The Morgan fingerprint density at radius 2 is 2.22 bits per heavy atom. The van der Waals surface area contributed by atoms with Gasteiger partial charge in [-0.2, -0.15) is 4.99 Å². The summed E-state index contributed by atoms with van der Waals surface area (Å²) < 4.78 is 0. The van der Waals surface area contributed by atoms with Crippen molar-refractivity contribution in [2.24, 2.45) is 15.7 Å². The Balaban J connectivity index is 1.93. The molecule has 0 aromatic heterocycles. The van der Waals surface area contributed by atoms with Gasteiger partial charge < -0.3 is 10.6 Å². The second kappa shape index (κ2) is 5.91. The molecule has 7 heteroatoms. The lowest BCUT2D eigenvalue weighted by atomic mass is 9.86. The highest BCUT2D eigenvalue weighted by atomic mass is 35.5. The van der Waals surface area contributed by atoms with E-state index < -0.39 is 5.91 Å². The van der Waals surface area contributed by atoms with Crippen molar-refractivity contribution in [3.8, 4) is 0 Å². The van der Waals surface area contributed by atoms with E-state index in [4.69, 9.17) is 22.3 Å². The third-order valence-electron chi connectivity index (χ3n) is 5.00. The minimum Gasteiger partial charge on any atom is -0.366 e. The van der Waals surface area contributed by atoms with Gasteiger partial charge in [0.15, 0.2) is 5.82 Å². The molecule has 2 fully saturated rings. The van der Waals surface area contributed by atoms with Crippen molar-refractivity contribution in [1.29, 1.82) is 0 Å². The van der Waals surface area contributed by atoms with Crippen LogP contribution in [0, 0.1) is 0 Å². The van der Waals surface area contributed by atoms with Crippen LogP contribution in [0.25, 0.3) is 0 Å². The van der Waals surface area contributed by atoms with Crippen molar-refractivity contribution in [3.05, 3.63) is 11.4 Å². The number of nitrogens with zero attached hydrogens (tertiary/aromatic N) is 4. The minimum atomic E-state index is -0.485. The number of likely N-dealkylation sites (N-methyl/N-ethyl adjacent to an activating group) is 1. The number of hydrogen-bond donors (Lipinski definition) is 1. The van der Waals surface area contributed by atoms with Gasteiger partial charge in [0.1, 0.15) is 0 Å². The van der Waals surface area contributed by atoms with Gasteiger partial charge in [0.2, 0.25) is 11.2 Å². The third-order valence-corrected chi connectivity index (χ3v) is 5.38. The SMILES string of the molecule is CN1CC(C(N)=O)=C(N=C2C[C@@H]3CCCN3C(C)(C)C2)N=C1Cl. The molecule has 126 valence electrons. The van der Waals surface area contributed by atoms with Crippen LogP contribution in [0.4, 0.5) is 0 Å². The maximum Gasteiger partial charge on any atom is 0.250 e. The fourth-order valence-corrected chi connectivity index (χ4v) is 4.06. The lowest BCUT2D eigenvalue weighted by molar-refractivity contribution is -0.114. The van der Waals surface area contributed by atoms with Crippen molar-refractivity contribution >= 4 is 28.5 Å². The zero-order chi connectivity index (χ0) is 16.8. The van der Waals surface area contributed by atoms with Crippen molar-refractivity contribution in [2.75, 3.05) is 20.1 Å². The third kappa shape index (κ3) is 3.15. The average molecular weight is 338 g/mol. The Bertz CT molecular complexity index is 622. The number of rotatable bonds is 2. The molecule has 3 heterocycles. The van der Waals surface area contributed by atoms with Crippen LogP contribution in [0.2, 0.25) is 0 Å². The number of amidine groups is 1. The molecule has 0 unspecified atom stereocenters. The molecule has 1 amide bonds. The Hall–Kier alpha value is -1.40. The molecule has 0 radical (unpaired) electrons. The Kier molecular flexibility index (Phi) is 4.23. The van der Waals surface area contributed by atoms with E-state index in [9.17, 15) is 4.79 Å². The van der Waals surface area contributed by atoms with Gasteiger partial charge in [-0.1, -0.05) is 0 Å². The smallest absolute Gasteiger partial charge is 0.250 e. The maximum atomic E-state index is 11.7. The standard InChI is InChI=1S/C16H24ClN5O/c1-16(2)8-10(7-11-5-4-6-22(11)16)19-14-12(13(18)23)9-21(3)15(17)20-14/h11H,4-9H2,1-3H3,(H2,18,23)/t11-/m0/s1. The van der Waals surface area contributed by atoms with Crippen LogP contribution in [-0.2, 0) is 4.79 Å². The second-order valence-electron chi connectivity index (χ2n) is 7.26. The van der Waals surface area contributed by atoms with Crippen molar-refractivity contribution in [1.82, 2.24) is 9.80 Å². The monoisotopic (exact) mass is 337 g/mol. The predicted molar refractivity (Wildman–Crippen MR) is 92.6 cm³/mol. The average Bonchev–Trinajstić information content (AvgIpc) is 2.91. The molecule has 0 aromatic carbocycles. The van der Waals surface area contributed by atoms with Crippen LogP contribution in [0.15, 0.2) is 21.4 Å². The molecule has 3 aliphatic heterocycles. The van der Waals surface area contributed by atoms with E-state index in [-0.39, 0.29) is 5.54 Å². The molecule has 23 heavy (non-hydrogen) atoms. The maximum absolute atomic E-state index is 11.7. The molecule has 2 N–H and O–H groups in total. The van der Waals surface area contributed by atoms with E-state index in [2.05, 4.69) is 23.7 Å². The van der Waals surface area contributed by atoms with Gasteiger partial charge in [0.05, 0.1) is 12.1 Å². The number of carbonyl (C=O) groups is 1. The minimum absolute atomic E-state index is 0.0880. The summed E-state index contributed by atoms with van der Waals surface area (Å²) in [4.78, 5) is 25.0. The summed E-state index contributed by atoms with van der Waals surface area (Å²) in [6.45, 7) is 6.03. The number of nitrogens with two attached hydrogens (primary N) is 1. The summed E-state index contributed by atoms with van der Waals surface area (Å²) >= 11 is 6.11. The second-order valence-corrected chi connectivity index (χ2v) is 7.60. The van der Waals surface area contributed by atoms with Gasteiger partial charge in [-0.25, -0.2) is 4.99 Å². The summed E-state index contributed by atoms with van der Waals surface area (Å²) in [5.41, 5.74) is 7.10. The number of halogens is 1. The van der Waals surface area contributed by atoms with Crippen LogP contribution >= 0.6 is 11.6 Å². The molecule has 3 aliphatic rings. The molecule has 0 bridgehead atoms. The lowest BCUT2D eigenvalue weighted by Gasteiger charge is -2.44. The van der Waals surface area contributed by atoms with Gasteiger partial charge in [-0.05, 0) is 44.8 Å². The largest absolute Gasteiger partial charge is 0.366 e. The van der Waals surface area contributed by atoms with Crippen LogP contribution in [0.1, 0.15) is 39.5 Å². The fourth-order valence-electron chi connectivity index (χ4n) is 3.92. The summed E-state index contributed by atoms with van der Waals surface area (Å²) in [5.74, 6) is -0.0977. The van der Waals surface area contributed by atoms with Crippen molar-refractivity contribution < 1.29 is 4.79 Å². The molecule has 0 aromatic rings. The van der Waals surface area contributed by atoms with Gasteiger partial charge >= 0.3 is 0 Å².